The minimum absolute atomic E-state index is 0.484. The second-order valence-electron chi connectivity index (χ2n) is 5.58. The van der Waals surface area contributed by atoms with E-state index in [0.717, 1.165) is 12.0 Å². The molecule has 72 valence electrons. The standard InChI is InChI=1S/C11H23N/c1-9-6-7-12(5)10(9)8-11(2,3)4/h9-10H,6-8H2,1-5H3/t9-,10+/m0/s1. The van der Waals surface area contributed by atoms with Crippen LogP contribution in [-0.2, 0) is 0 Å². The SMILES string of the molecule is C[C@H]1CCN(C)[C@@H]1CC(C)(C)C. The third-order valence-corrected chi connectivity index (χ3v) is 2.98. The van der Waals surface area contributed by atoms with Crippen LogP contribution >= 0.6 is 0 Å². The van der Waals surface area contributed by atoms with Crippen molar-refractivity contribution < 1.29 is 0 Å². The van der Waals surface area contributed by atoms with Crippen LogP contribution in [0.4, 0.5) is 0 Å². The fourth-order valence-electron chi connectivity index (χ4n) is 2.18. The molecule has 1 heteroatoms. The molecule has 0 aliphatic carbocycles. The Bertz CT molecular complexity index is 136. The summed E-state index contributed by atoms with van der Waals surface area (Å²) in [5.41, 5.74) is 0.484. The van der Waals surface area contributed by atoms with Crippen LogP contribution in [0, 0.1) is 11.3 Å². The van der Waals surface area contributed by atoms with Gasteiger partial charge in [0.15, 0.2) is 0 Å². The fraction of sp³-hybridized carbons (Fsp3) is 1.00. The van der Waals surface area contributed by atoms with E-state index in [0.29, 0.717) is 5.41 Å². The summed E-state index contributed by atoms with van der Waals surface area (Å²) in [6.45, 7) is 10.7. The Hall–Kier alpha value is -0.0400. The van der Waals surface area contributed by atoms with Crippen LogP contribution in [0.5, 0.6) is 0 Å². The number of rotatable bonds is 1. The molecule has 0 aromatic rings. The molecule has 1 fully saturated rings. The van der Waals surface area contributed by atoms with Gasteiger partial charge < -0.3 is 4.90 Å². The van der Waals surface area contributed by atoms with E-state index in [1.165, 1.54) is 19.4 Å². The first kappa shape index (κ1) is 10.0. The molecule has 1 rings (SSSR count). The predicted molar refractivity (Wildman–Crippen MR) is 54.3 cm³/mol. The Morgan fingerprint density at radius 2 is 1.92 bits per heavy atom. The molecule has 2 atom stereocenters. The van der Waals surface area contributed by atoms with Crippen LogP contribution in [0.25, 0.3) is 0 Å². The molecular weight excluding hydrogens is 146 g/mol. The lowest BCUT2D eigenvalue weighted by Crippen LogP contribution is -2.32. The summed E-state index contributed by atoms with van der Waals surface area (Å²) in [7, 11) is 2.26. The van der Waals surface area contributed by atoms with Gasteiger partial charge in [0.25, 0.3) is 0 Å². The van der Waals surface area contributed by atoms with Crippen LogP contribution in [0.2, 0.25) is 0 Å². The number of nitrogens with zero attached hydrogens (tertiary/aromatic N) is 1. The number of hydrogen-bond acceptors (Lipinski definition) is 1. The van der Waals surface area contributed by atoms with Gasteiger partial charge in [-0.25, -0.2) is 0 Å². The maximum atomic E-state index is 2.52. The van der Waals surface area contributed by atoms with E-state index >= 15 is 0 Å². The molecule has 0 radical (unpaired) electrons. The van der Waals surface area contributed by atoms with E-state index in [1.807, 2.05) is 0 Å². The average molecular weight is 169 g/mol. The lowest BCUT2D eigenvalue weighted by molar-refractivity contribution is 0.198. The van der Waals surface area contributed by atoms with Crippen molar-refractivity contribution in [3.63, 3.8) is 0 Å². The third-order valence-electron chi connectivity index (χ3n) is 2.98. The third kappa shape index (κ3) is 2.48. The van der Waals surface area contributed by atoms with Crippen molar-refractivity contribution in [3.8, 4) is 0 Å². The van der Waals surface area contributed by atoms with Gasteiger partial charge in [-0.15, -0.1) is 0 Å². The van der Waals surface area contributed by atoms with Crippen LogP contribution in [0.15, 0.2) is 0 Å². The van der Waals surface area contributed by atoms with E-state index in [1.54, 1.807) is 0 Å². The van der Waals surface area contributed by atoms with Gasteiger partial charge in [-0.2, -0.15) is 0 Å². The van der Waals surface area contributed by atoms with E-state index in [4.69, 9.17) is 0 Å². The molecule has 12 heavy (non-hydrogen) atoms. The van der Waals surface area contributed by atoms with Crippen LogP contribution < -0.4 is 0 Å². The largest absolute Gasteiger partial charge is 0.303 e. The van der Waals surface area contributed by atoms with Crippen molar-refractivity contribution in [1.82, 2.24) is 4.90 Å². The van der Waals surface area contributed by atoms with Crippen molar-refractivity contribution in [2.24, 2.45) is 11.3 Å². The van der Waals surface area contributed by atoms with Gasteiger partial charge in [-0.05, 0) is 37.8 Å². The molecule has 1 nitrogen and oxygen atoms in total. The quantitative estimate of drug-likeness (QED) is 0.583. The van der Waals surface area contributed by atoms with Gasteiger partial charge in [-0.3, -0.25) is 0 Å². The summed E-state index contributed by atoms with van der Waals surface area (Å²) in [6, 6.07) is 0.824. The monoisotopic (exact) mass is 169 g/mol. The minimum atomic E-state index is 0.484. The molecule has 1 aliphatic heterocycles. The smallest absolute Gasteiger partial charge is 0.0123 e. The van der Waals surface area contributed by atoms with E-state index in [2.05, 4.69) is 39.6 Å². The molecule has 0 saturated carbocycles. The highest BCUT2D eigenvalue weighted by atomic mass is 15.2. The maximum Gasteiger partial charge on any atom is 0.0123 e. The van der Waals surface area contributed by atoms with E-state index in [-0.39, 0.29) is 0 Å². The van der Waals surface area contributed by atoms with Gasteiger partial charge in [-0.1, -0.05) is 27.7 Å². The van der Waals surface area contributed by atoms with Crippen molar-refractivity contribution in [2.45, 2.75) is 46.6 Å². The molecule has 1 aliphatic rings. The molecule has 0 spiro atoms. The Morgan fingerprint density at radius 3 is 2.25 bits per heavy atom. The van der Waals surface area contributed by atoms with Gasteiger partial charge in [0.05, 0.1) is 0 Å². The summed E-state index contributed by atoms with van der Waals surface area (Å²) in [6.07, 6.45) is 2.72. The van der Waals surface area contributed by atoms with Gasteiger partial charge in [0.2, 0.25) is 0 Å². The van der Waals surface area contributed by atoms with E-state index < -0.39 is 0 Å². The Kier molecular flexibility index (Phi) is 2.82. The first-order valence-corrected chi connectivity index (χ1v) is 5.10. The first-order valence-electron chi connectivity index (χ1n) is 5.10. The van der Waals surface area contributed by atoms with Crippen molar-refractivity contribution in [2.75, 3.05) is 13.6 Å². The number of likely N-dealkylation sites (tertiary alicyclic amines) is 1. The fourth-order valence-corrected chi connectivity index (χ4v) is 2.18. The van der Waals surface area contributed by atoms with Crippen molar-refractivity contribution in [3.05, 3.63) is 0 Å². The molecule has 0 N–H and O–H groups in total. The van der Waals surface area contributed by atoms with E-state index in [9.17, 15) is 0 Å². The zero-order chi connectivity index (χ0) is 9.35. The van der Waals surface area contributed by atoms with Crippen LogP contribution in [-0.4, -0.2) is 24.5 Å². The minimum Gasteiger partial charge on any atom is -0.303 e. The second-order valence-corrected chi connectivity index (χ2v) is 5.58. The molecule has 0 amide bonds. The normalized spacial score (nSPS) is 32.8. The molecule has 0 aromatic carbocycles. The lowest BCUT2D eigenvalue weighted by Gasteiger charge is -2.30. The highest BCUT2D eigenvalue weighted by molar-refractivity contribution is 4.85. The second kappa shape index (κ2) is 3.37. The lowest BCUT2D eigenvalue weighted by atomic mass is 9.84. The summed E-state index contributed by atoms with van der Waals surface area (Å²) in [4.78, 5) is 2.52. The molecule has 1 saturated heterocycles. The zero-order valence-corrected chi connectivity index (χ0v) is 9.22. The summed E-state index contributed by atoms with van der Waals surface area (Å²) < 4.78 is 0. The molecular formula is C11H23N. The molecule has 0 bridgehead atoms. The highest BCUT2D eigenvalue weighted by Crippen LogP contribution is 2.32. The summed E-state index contributed by atoms with van der Waals surface area (Å²) >= 11 is 0. The molecule has 0 unspecified atom stereocenters. The molecule has 1 heterocycles. The Balaban J connectivity index is 2.50. The Labute approximate surface area is 77.1 Å². The average Bonchev–Trinajstić information content (AvgIpc) is 2.16. The first-order chi connectivity index (χ1) is 5.40. The van der Waals surface area contributed by atoms with Crippen molar-refractivity contribution in [1.29, 1.82) is 0 Å². The van der Waals surface area contributed by atoms with Gasteiger partial charge >= 0.3 is 0 Å². The van der Waals surface area contributed by atoms with Crippen LogP contribution in [0.3, 0.4) is 0 Å². The summed E-state index contributed by atoms with van der Waals surface area (Å²) in [5, 5.41) is 0. The van der Waals surface area contributed by atoms with Gasteiger partial charge in [0, 0.05) is 6.04 Å². The van der Waals surface area contributed by atoms with Crippen molar-refractivity contribution >= 4 is 0 Å². The zero-order valence-electron chi connectivity index (χ0n) is 9.22. The maximum absolute atomic E-state index is 2.52. The van der Waals surface area contributed by atoms with Gasteiger partial charge in [0.1, 0.15) is 0 Å². The predicted octanol–water partition coefficient (Wildman–Crippen LogP) is 2.76. The summed E-state index contributed by atoms with van der Waals surface area (Å²) in [5.74, 6) is 0.897. The Morgan fingerprint density at radius 1 is 1.33 bits per heavy atom. The number of hydrogen-bond donors (Lipinski definition) is 0. The highest BCUT2D eigenvalue weighted by Gasteiger charge is 2.31. The molecule has 0 aromatic heterocycles. The van der Waals surface area contributed by atoms with Crippen LogP contribution in [0.1, 0.15) is 40.5 Å². The topological polar surface area (TPSA) is 3.24 Å².